The summed E-state index contributed by atoms with van der Waals surface area (Å²) in [4.78, 5) is 14.7. The van der Waals surface area contributed by atoms with Gasteiger partial charge in [-0.1, -0.05) is 0 Å². The van der Waals surface area contributed by atoms with Crippen molar-refractivity contribution in [2.75, 3.05) is 5.32 Å². The predicted octanol–water partition coefficient (Wildman–Crippen LogP) is 1.81. The lowest BCUT2D eigenvalue weighted by Gasteiger charge is -2.28. The Hall–Kier alpha value is -1.78. The van der Waals surface area contributed by atoms with Gasteiger partial charge in [-0.25, -0.2) is 9.78 Å². The van der Waals surface area contributed by atoms with E-state index in [4.69, 9.17) is 10.5 Å². The molecule has 0 radical (unpaired) electrons. The Labute approximate surface area is 94.0 Å². The van der Waals surface area contributed by atoms with Gasteiger partial charge in [0.15, 0.2) is 0 Å². The molecule has 2 rings (SSSR count). The second-order valence-electron chi connectivity index (χ2n) is 3.98. The summed E-state index contributed by atoms with van der Waals surface area (Å²) in [7, 11) is 0. The molecule has 0 unspecified atom stereocenters. The highest BCUT2D eigenvalue weighted by Crippen LogP contribution is 2.25. The van der Waals surface area contributed by atoms with Crippen molar-refractivity contribution in [3.63, 3.8) is 0 Å². The van der Waals surface area contributed by atoms with Gasteiger partial charge in [0.05, 0.1) is 11.4 Å². The lowest BCUT2D eigenvalue weighted by Crippen LogP contribution is -2.27. The van der Waals surface area contributed by atoms with Crippen molar-refractivity contribution in [3.05, 3.63) is 17.8 Å². The molecule has 0 aromatic carbocycles. The predicted molar refractivity (Wildman–Crippen MR) is 60.4 cm³/mol. The van der Waals surface area contributed by atoms with Crippen molar-refractivity contribution < 1.29 is 9.53 Å². The highest BCUT2D eigenvalue weighted by molar-refractivity contribution is 5.67. The van der Waals surface area contributed by atoms with Gasteiger partial charge in [-0.2, -0.15) is 0 Å². The molecule has 16 heavy (non-hydrogen) atoms. The first-order chi connectivity index (χ1) is 7.65. The van der Waals surface area contributed by atoms with Crippen LogP contribution in [0.15, 0.2) is 12.1 Å². The van der Waals surface area contributed by atoms with Gasteiger partial charge in [0.1, 0.15) is 0 Å². The number of aryl methyl sites for hydroxylation is 1. The van der Waals surface area contributed by atoms with Crippen LogP contribution in [0.2, 0.25) is 0 Å². The number of carbonyl (C=O) groups is 1. The van der Waals surface area contributed by atoms with E-state index in [1.54, 1.807) is 6.07 Å². The number of nitrogens with two attached hydrogens (primary N) is 1. The van der Waals surface area contributed by atoms with Gasteiger partial charge in [-0.15, -0.1) is 0 Å². The summed E-state index contributed by atoms with van der Waals surface area (Å²) in [6, 6.07) is 4.06. The SMILES string of the molecule is Cc1nc(OC(N)=O)ccc1NC1CCC1. The molecule has 86 valence electrons. The van der Waals surface area contributed by atoms with Crippen molar-refractivity contribution in [1.82, 2.24) is 4.98 Å². The molecule has 1 saturated carbocycles. The molecule has 0 saturated heterocycles. The zero-order valence-electron chi connectivity index (χ0n) is 9.19. The van der Waals surface area contributed by atoms with Gasteiger partial charge >= 0.3 is 6.09 Å². The van der Waals surface area contributed by atoms with E-state index in [9.17, 15) is 4.79 Å². The van der Waals surface area contributed by atoms with Gasteiger partial charge < -0.3 is 15.8 Å². The Morgan fingerprint density at radius 1 is 1.56 bits per heavy atom. The smallest absolute Gasteiger partial charge is 0.391 e. The van der Waals surface area contributed by atoms with Crippen LogP contribution >= 0.6 is 0 Å². The molecule has 1 heterocycles. The molecule has 1 amide bonds. The van der Waals surface area contributed by atoms with Gasteiger partial charge in [0, 0.05) is 12.1 Å². The number of nitrogens with one attached hydrogen (secondary N) is 1. The van der Waals surface area contributed by atoms with E-state index in [1.807, 2.05) is 13.0 Å². The minimum atomic E-state index is -0.841. The van der Waals surface area contributed by atoms with Crippen LogP contribution in [0.3, 0.4) is 0 Å². The van der Waals surface area contributed by atoms with Gasteiger partial charge in [0.25, 0.3) is 0 Å². The van der Waals surface area contributed by atoms with E-state index in [2.05, 4.69) is 10.3 Å². The van der Waals surface area contributed by atoms with Crippen molar-refractivity contribution in [1.29, 1.82) is 0 Å². The fraction of sp³-hybridized carbons (Fsp3) is 0.455. The Balaban J connectivity index is 2.06. The molecule has 5 heteroatoms. The zero-order chi connectivity index (χ0) is 11.5. The van der Waals surface area contributed by atoms with E-state index in [0.717, 1.165) is 11.4 Å². The number of carbonyl (C=O) groups excluding carboxylic acids is 1. The van der Waals surface area contributed by atoms with E-state index in [1.165, 1.54) is 19.3 Å². The van der Waals surface area contributed by atoms with Crippen molar-refractivity contribution in [2.45, 2.75) is 32.2 Å². The number of pyridine rings is 1. The summed E-state index contributed by atoms with van der Waals surface area (Å²) in [6.45, 7) is 1.87. The van der Waals surface area contributed by atoms with Crippen molar-refractivity contribution in [2.24, 2.45) is 5.73 Å². The monoisotopic (exact) mass is 221 g/mol. The summed E-state index contributed by atoms with van der Waals surface area (Å²) >= 11 is 0. The first-order valence-corrected chi connectivity index (χ1v) is 5.36. The number of rotatable bonds is 3. The molecule has 0 spiro atoms. The number of amides is 1. The molecule has 3 N–H and O–H groups in total. The van der Waals surface area contributed by atoms with Crippen LogP contribution in [0.5, 0.6) is 5.88 Å². The van der Waals surface area contributed by atoms with Crippen LogP contribution in [0.1, 0.15) is 25.0 Å². The number of anilines is 1. The molecule has 1 aliphatic carbocycles. The summed E-state index contributed by atoms with van der Waals surface area (Å²) in [5, 5.41) is 3.39. The van der Waals surface area contributed by atoms with Crippen molar-refractivity contribution >= 4 is 11.8 Å². The first-order valence-electron chi connectivity index (χ1n) is 5.36. The number of hydrogen-bond acceptors (Lipinski definition) is 4. The minimum Gasteiger partial charge on any atom is -0.391 e. The van der Waals surface area contributed by atoms with E-state index in [0.29, 0.717) is 6.04 Å². The average Bonchev–Trinajstić information content (AvgIpc) is 2.12. The quantitative estimate of drug-likeness (QED) is 0.816. The summed E-state index contributed by atoms with van der Waals surface area (Å²) in [5.74, 6) is 0.240. The van der Waals surface area contributed by atoms with Crippen LogP contribution in [-0.4, -0.2) is 17.1 Å². The van der Waals surface area contributed by atoms with E-state index < -0.39 is 6.09 Å². The maximum absolute atomic E-state index is 10.5. The normalized spacial score (nSPS) is 15.3. The molecule has 1 fully saturated rings. The minimum absolute atomic E-state index is 0.240. The zero-order valence-corrected chi connectivity index (χ0v) is 9.19. The van der Waals surface area contributed by atoms with Crippen LogP contribution in [0.4, 0.5) is 10.5 Å². The molecular formula is C11H15N3O2. The highest BCUT2D eigenvalue weighted by Gasteiger charge is 2.17. The summed E-state index contributed by atoms with van der Waals surface area (Å²) in [5.41, 5.74) is 6.71. The van der Waals surface area contributed by atoms with Crippen molar-refractivity contribution in [3.8, 4) is 5.88 Å². The van der Waals surface area contributed by atoms with Crippen LogP contribution < -0.4 is 15.8 Å². The Bertz CT molecular complexity index is 402. The van der Waals surface area contributed by atoms with Gasteiger partial charge in [-0.3, -0.25) is 0 Å². The lowest BCUT2D eigenvalue weighted by molar-refractivity contribution is 0.209. The number of hydrogen-bond donors (Lipinski definition) is 2. The maximum Gasteiger partial charge on any atom is 0.411 e. The highest BCUT2D eigenvalue weighted by atomic mass is 16.6. The summed E-state index contributed by atoms with van der Waals surface area (Å²) in [6.07, 6.45) is 2.86. The standard InChI is InChI=1S/C11H15N3O2/c1-7-9(14-8-3-2-4-8)5-6-10(13-7)16-11(12)15/h5-6,8,14H,2-4H2,1H3,(H2,12,15). The molecule has 0 bridgehead atoms. The lowest BCUT2D eigenvalue weighted by atomic mass is 9.93. The van der Waals surface area contributed by atoms with Crippen LogP contribution in [0, 0.1) is 6.92 Å². The van der Waals surface area contributed by atoms with Crippen LogP contribution in [0.25, 0.3) is 0 Å². The molecule has 1 aromatic rings. The molecule has 0 aliphatic heterocycles. The number of primary amides is 1. The molecule has 1 aromatic heterocycles. The van der Waals surface area contributed by atoms with E-state index >= 15 is 0 Å². The average molecular weight is 221 g/mol. The fourth-order valence-electron chi connectivity index (χ4n) is 1.62. The second kappa shape index (κ2) is 4.38. The second-order valence-corrected chi connectivity index (χ2v) is 3.98. The van der Waals surface area contributed by atoms with Gasteiger partial charge in [-0.05, 0) is 32.3 Å². The molecule has 1 aliphatic rings. The Morgan fingerprint density at radius 3 is 2.81 bits per heavy atom. The molecule has 5 nitrogen and oxygen atoms in total. The molecule has 0 atom stereocenters. The van der Waals surface area contributed by atoms with Gasteiger partial charge in [0.2, 0.25) is 5.88 Å². The number of nitrogens with zero attached hydrogens (tertiary/aromatic N) is 1. The third kappa shape index (κ3) is 2.42. The fourth-order valence-corrected chi connectivity index (χ4v) is 1.62. The Kier molecular flexibility index (Phi) is 2.94. The number of ether oxygens (including phenoxy) is 1. The first kappa shape index (κ1) is 10.7. The largest absolute Gasteiger partial charge is 0.411 e. The Morgan fingerprint density at radius 2 is 2.31 bits per heavy atom. The third-order valence-corrected chi connectivity index (χ3v) is 2.73. The maximum atomic E-state index is 10.5. The van der Waals surface area contributed by atoms with E-state index in [-0.39, 0.29) is 5.88 Å². The third-order valence-electron chi connectivity index (χ3n) is 2.73. The molecular weight excluding hydrogens is 206 g/mol. The van der Waals surface area contributed by atoms with Crippen LogP contribution in [-0.2, 0) is 0 Å². The number of aromatic nitrogens is 1. The summed E-state index contributed by atoms with van der Waals surface area (Å²) < 4.78 is 4.70. The topological polar surface area (TPSA) is 77.2 Å².